The van der Waals surface area contributed by atoms with Crippen LogP contribution in [0.4, 0.5) is 0 Å². The molecule has 1 aromatic rings. The fourth-order valence-electron chi connectivity index (χ4n) is 1.22. The standard InChI is InChI=1S/C9H17N5O/c1-4-12-9(2,3)8(15)10-5-7-11-6-13-14-7/h6,12H,4-5H2,1-3H3,(H,10,15)(H,11,13,14). The molecule has 6 heteroatoms. The van der Waals surface area contributed by atoms with Crippen molar-refractivity contribution in [3.05, 3.63) is 12.2 Å². The maximum absolute atomic E-state index is 11.7. The van der Waals surface area contributed by atoms with Crippen LogP contribution in [-0.4, -0.2) is 33.2 Å². The van der Waals surface area contributed by atoms with Crippen LogP contribution >= 0.6 is 0 Å². The summed E-state index contributed by atoms with van der Waals surface area (Å²) in [4.78, 5) is 15.6. The van der Waals surface area contributed by atoms with Crippen molar-refractivity contribution in [1.29, 1.82) is 0 Å². The number of hydrogen-bond acceptors (Lipinski definition) is 4. The zero-order valence-corrected chi connectivity index (χ0v) is 9.29. The Labute approximate surface area is 88.9 Å². The number of aromatic nitrogens is 3. The Morgan fingerprint density at radius 3 is 2.87 bits per heavy atom. The molecule has 0 unspecified atom stereocenters. The number of H-pyrrole nitrogens is 1. The first-order chi connectivity index (χ1) is 7.06. The smallest absolute Gasteiger partial charge is 0.240 e. The molecule has 0 aliphatic carbocycles. The molecule has 15 heavy (non-hydrogen) atoms. The van der Waals surface area contributed by atoms with E-state index in [1.54, 1.807) is 0 Å². The van der Waals surface area contributed by atoms with Crippen LogP contribution in [0.1, 0.15) is 26.6 Å². The Kier molecular flexibility index (Phi) is 3.79. The molecule has 0 saturated heterocycles. The van der Waals surface area contributed by atoms with Gasteiger partial charge in [-0.1, -0.05) is 6.92 Å². The van der Waals surface area contributed by atoms with Gasteiger partial charge in [-0.25, -0.2) is 4.98 Å². The van der Waals surface area contributed by atoms with Gasteiger partial charge in [0.15, 0.2) is 0 Å². The van der Waals surface area contributed by atoms with Crippen LogP contribution < -0.4 is 10.6 Å². The molecule has 0 atom stereocenters. The average Bonchev–Trinajstić information content (AvgIpc) is 2.66. The van der Waals surface area contributed by atoms with Gasteiger partial charge < -0.3 is 10.6 Å². The number of nitrogens with one attached hydrogen (secondary N) is 3. The number of nitrogens with zero attached hydrogens (tertiary/aromatic N) is 2. The van der Waals surface area contributed by atoms with Gasteiger partial charge in [0.1, 0.15) is 12.2 Å². The zero-order valence-electron chi connectivity index (χ0n) is 9.29. The highest BCUT2D eigenvalue weighted by Gasteiger charge is 2.25. The van der Waals surface area contributed by atoms with Gasteiger partial charge in [-0.2, -0.15) is 5.10 Å². The first kappa shape index (κ1) is 11.6. The fraction of sp³-hybridized carbons (Fsp3) is 0.667. The Hall–Kier alpha value is -1.43. The molecule has 1 aromatic heterocycles. The van der Waals surface area contributed by atoms with Crippen molar-refractivity contribution in [2.24, 2.45) is 0 Å². The van der Waals surface area contributed by atoms with Gasteiger partial charge in [0.25, 0.3) is 0 Å². The summed E-state index contributed by atoms with van der Waals surface area (Å²) in [7, 11) is 0. The van der Waals surface area contributed by atoms with Crippen molar-refractivity contribution in [1.82, 2.24) is 25.8 Å². The van der Waals surface area contributed by atoms with E-state index in [9.17, 15) is 4.79 Å². The van der Waals surface area contributed by atoms with Gasteiger partial charge in [-0.15, -0.1) is 0 Å². The minimum absolute atomic E-state index is 0.0549. The van der Waals surface area contributed by atoms with E-state index >= 15 is 0 Å². The van der Waals surface area contributed by atoms with Crippen molar-refractivity contribution >= 4 is 5.91 Å². The SMILES string of the molecule is CCNC(C)(C)C(=O)NCc1ncn[nH]1. The van der Waals surface area contributed by atoms with Gasteiger partial charge in [0.05, 0.1) is 12.1 Å². The normalized spacial score (nSPS) is 11.4. The predicted molar refractivity (Wildman–Crippen MR) is 56.0 cm³/mol. The summed E-state index contributed by atoms with van der Waals surface area (Å²) >= 11 is 0. The van der Waals surface area contributed by atoms with Crippen LogP contribution in [0, 0.1) is 0 Å². The molecule has 1 amide bonds. The molecular formula is C9H17N5O. The number of hydrogen-bond donors (Lipinski definition) is 3. The second-order valence-electron chi connectivity index (χ2n) is 3.77. The lowest BCUT2D eigenvalue weighted by atomic mass is 10.0. The van der Waals surface area contributed by atoms with E-state index in [1.807, 2.05) is 20.8 Å². The number of aromatic amines is 1. The first-order valence-electron chi connectivity index (χ1n) is 4.94. The van der Waals surface area contributed by atoms with Crippen LogP contribution in [0.3, 0.4) is 0 Å². The van der Waals surface area contributed by atoms with Gasteiger partial charge in [-0.05, 0) is 20.4 Å². The highest BCUT2D eigenvalue weighted by atomic mass is 16.2. The van der Waals surface area contributed by atoms with Gasteiger partial charge in [0.2, 0.25) is 5.91 Å². The lowest BCUT2D eigenvalue weighted by molar-refractivity contribution is -0.126. The number of carbonyl (C=O) groups excluding carboxylic acids is 1. The Balaban J connectivity index is 2.42. The van der Waals surface area contributed by atoms with Crippen molar-refractivity contribution in [2.45, 2.75) is 32.9 Å². The maximum Gasteiger partial charge on any atom is 0.240 e. The summed E-state index contributed by atoms with van der Waals surface area (Å²) in [5.74, 6) is 0.594. The molecule has 0 spiro atoms. The monoisotopic (exact) mass is 211 g/mol. The molecule has 0 fully saturated rings. The number of likely N-dealkylation sites (N-methyl/N-ethyl adjacent to an activating group) is 1. The topological polar surface area (TPSA) is 82.7 Å². The lowest BCUT2D eigenvalue weighted by Crippen LogP contribution is -2.52. The van der Waals surface area contributed by atoms with E-state index in [-0.39, 0.29) is 5.91 Å². The van der Waals surface area contributed by atoms with E-state index in [0.29, 0.717) is 12.4 Å². The molecule has 1 heterocycles. The minimum atomic E-state index is -0.561. The molecule has 6 nitrogen and oxygen atoms in total. The second-order valence-corrected chi connectivity index (χ2v) is 3.77. The van der Waals surface area contributed by atoms with E-state index in [4.69, 9.17) is 0 Å². The van der Waals surface area contributed by atoms with E-state index in [2.05, 4.69) is 25.8 Å². The highest BCUT2D eigenvalue weighted by molar-refractivity contribution is 5.85. The summed E-state index contributed by atoms with van der Waals surface area (Å²) in [5.41, 5.74) is -0.561. The summed E-state index contributed by atoms with van der Waals surface area (Å²) in [6.07, 6.45) is 1.41. The highest BCUT2D eigenvalue weighted by Crippen LogP contribution is 2.01. The van der Waals surface area contributed by atoms with Crippen molar-refractivity contribution in [3.8, 4) is 0 Å². The van der Waals surface area contributed by atoms with Gasteiger partial charge in [0, 0.05) is 0 Å². The zero-order chi connectivity index (χ0) is 11.3. The predicted octanol–water partition coefficient (Wildman–Crippen LogP) is -0.191. The number of rotatable bonds is 5. The number of amides is 1. The Bertz CT molecular complexity index is 306. The molecule has 84 valence electrons. The minimum Gasteiger partial charge on any atom is -0.347 e. The molecule has 0 aliphatic heterocycles. The molecule has 0 bridgehead atoms. The van der Waals surface area contributed by atoms with Gasteiger partial charge in [-0.3, -0.25) is 9.89 Å². The van der Waals surface area contributed by atoms with Gasteiger partial charge >= 0.3 is 0 Å². The van der Waals surface area contributed by atoms with E-state index in [1.165, 1.54) is 6.33 Å². The molecule has 3 N–H and O–H groups in total. The van der Waals surface area contributed by atoms with Crippen LogP contribution in [0.15, 0.2) is 6.33 Å². The third-order valence-corrected chi connectivity index (χ3v) is 2.07. The molecule has 1 rings (SSSR count). The van der Waals surface area contributed by atoms with Crippen LogP contribution in [0.2, 0.25) is 0 Å². The molecular weight excluding hydrogens is 194 g/mol. The summed E-state index contributed by atoms with van der Waals surface area (Å²) in [6, 6.07) is 0. The third kappa shape index (κ3) is 3.32. The first-order valence-corrected chi connectivity index (χ1v) is 4.94. The summed E-state index contributed by atoms with van der Waals surface area (Å²) in [5, 5.41) is 12.2. The molecule has 0 radical (unpaired) electrons. The third-order valence-electron chi connectivity index (χ3n) is 2.07. The summed E-state index contributed by atoms with van der Waals surface area (Å²) < 4.78 is 0. The second kappa shape index (κ2) is 4.88. The van der Waals surface area contributed by atoms with Crippen molar-refractivity contribution < 1.29 is 4.79 Å². The Morgan fingerprint density at radius 1 is 1.60 bits per heavy atom. The quantitative estimate of drug-likeness (QED) is 0.630. The fourth-order valence-corrected chi connectivity index (χ4v) is 1.22. The molecule has 0 saturated carbocycles. The maximum atomic E-state index is 11.7. The van der Waals surface area contributed by atoms with Crippen molar-refractivity contribution in [3.63, 3.8) is 0 Å². The average molecular weight is 211 g/mol. The molecule has 0 aromatic carbocycles. The van der Waals surface area contributed by atoms with Crippen LogP contribution in [0.5, 0.6) is 0 Å². The van der Waals surface area contributed by atoms with E-state index in [0.717, 1.165) is 6.54 Å². The van der Waals surface area contributed by atoms with Crippen LogP contribution in [-0.2, 0) is 11.3 Å². The van der Waals surface area contributed by atoms with Crippen LogP contribution in [0.25, 0.3) is 0 Å². The lowest BCUT2D eigenvalue weighted by Gasteiger charge is -2.24. The summed E-state index contributed by atoms with van der Waals surface area (Å²) in [6.45, 7) is 6.76. The van der Waals surface area contributed by atoms with Crippen molar-refractivity contribution in [2.75, 3.05) is 6.54 Å². The Morgan fingerprint density at radius 2 is 2.33 bits per heavy atom. The number of carbonyl (C=O) groups is 1. The molecule has 0 aliphatic rings. The van der Waals surface area contributed by atoms with E-state index < -0.39 is 5.54 Å². The largest absolute Gasteiger partial charge is 0.347 e.